The fraction of sp³-hybridized carbons (Fsp3) is 0.936. The van der Waals surface area contributed by atoms with E-state index in [0.29, 0.717) is 44.4 Å². The van der Waals surface area contributed by atoms with Crippen molar-refractivity contribution in [2.24, 2.45) is 5.92 Å². The van der Waals surface area contributed by atoms with E-state index >= 15 is 0 Å². The van der Waals surface area contributed by atoms with Gasteiger partial charge in [-0.2, -0.15) is 0 Å². The average Bonchev–Trinajstić information content (AvgIpc) is 0.754. The van der Waals surface area contributed by atoms with Gasteiger partial charge in [0.2, 0.25) is 0 Å². The summed E-state index contributed by atoms with van der Waals surface area (Å²) in [5.74, 6) is -2.27. The molecule has 3 aliphatic rings. The van der Waals surface area contributed by atoms with Crippen molar-refractivity contribution >= 4 is 31.7 Å². The molecule has 0 bridgehead atoms. The van der Waals surface area contributed by atoms with Gasteiger partial charge in [-0.05, 0) is 57.3 Å². The summed E-state index contributed by atoms with van der Waals surface area (Å²) in [6.45, 7) is 7.95. The van der Waals surface area contributed by atoms with Crippen LogP contribution in [0.15, 0.2) is 12.2 Å². The molecule has 0 radical (unpaired) electrons. The highest BCUT2D eigenvalue weighted by molar-refractivity contribution is 7.47. The molecule has 0 aromatic rings. The predicted molar refractivity (Wildman–Crippen MR) is 467 cm³/mol. The third-order valence-electron chi connectivity index (χ3n) is 24.2. The summed E-state index contributed by atoms with van der Waals surface area (Å²) in [6.07, 6.45) is 30.4. The lowest BCUT2D eigenvalue weighted by atomic mass is 9.84. The number of esters is 4. The van der Waals surface area contributed by atoms with E-state index in [9.17, 15) is 74.6 Å². The standard InChI is InChI=1S/C94H175O25P/c1-6-10-14-18-22-25-28-31-34-37-40-43-46-53-60-66-78(97)111-72-76-82(101)84(103)88(107)94(115-76)118-91-89(116-80(99)68-62-56-48-45-42-39-36-33-30-27-24-20-16-12-8-3)85(104)86(105)90(117-93-87(106)83(102)81(100)75(69-95)114-93)92(91)119-120(108,109)112-71-74(113-79(98)67-61-55-47-44-41-38-35-32-29-26-23-19-15-11-7-2)70-110-77(96)65-59-54-50-49-52-58-64-73(5)63-57-51-21-17-13-9-4/h26,29,73-76,81-95,100-107H,6-25,27-28,30-72H2,1-5H3,(H,108,109)/b29-26-. The van der Waals surface area contributed by atoms with Crippen LogP contribution in [0, 0.1) is 5.92 Å². The molecule has 1 aliphatic carbocycles. The second-order valence-electron chi connectivity index (χ2n) is 35.2. The van der Waals surface area contributed by atoms with Gasteiger partial charge in [-0.1, -0.05) is 361 Å². The summed E-state index contributed by atoms with van der Waals surface area (Å²) in [6, 6.07) is 0. The molecule has 10 N–H and O–H groups in total. The Kier molecular flexibility index (Phi) is 67.0. The molecule has 1 saturated carbocycles. The Morgan fingerprint density at radius 2 is 0.675 bits per heavy atom. The van der Waals surface area contributed by atoms with Crippen molar-refractivity contribution in [1.29, 1.82) is 0 Å². The summed E-state index contributed by atoms with van der Waals surface area (Å²) >= 11 is 0. The molecule has 2 saturated heterocycles. The van der Waals surface area contributed by atoms with Crippen LogP contribution in [0.1, 0.15) is 426 Å². The minimum Gasteiger partial charge on any atom is -0.463 e. The normalized spacial score (nSPS) is 25.0. The summed E-state index contributed by atoms with van der Waals surface area (Å²) in [7, 11) is -5.81. The molecule has 0 aromatic heterocycles. The van der Waals surface area contributed by atoms with Crippen LogP contribution < -0.4 is 0 Å². The van der Waals surface area contributed by atoms with Gasteiger partial charge >= 0.3 is 31.7 Å². The molecule has 2 heterocycles. The van der Waals surface area contributed by atoms with Gasteiger partial charge in [-0.15, -0.1) is 0 Å². The Morgan fingerprint density at radius 1 is 0.350 bits per heavy atom. The van der Waals surface area contributed by atoms with Crippen molar-refractivity contribution in [3.8, 4) is 0 Å². The number of hydrogen-bond acceptors (Lipinski definition) is 24. The zero-order chi connectivity index (χ0) is 87.6. The first kappa shape index (κ1) is 111. The quantitative estimate of drug-likeness (QED) is 0.00889. The van der Waals surface area contributed by atoms with E-state index in [1.54, 1.807) is 0 Å². The zero-order valence-corrected chi connectivity index (χ0v) is 76.4. The van der Waals surface area contributed by atoms with Crippen LogP contribution in [0.2, 0.25) is 0 Å². The lowest BCUT2D eigenvalue weighted by Gasteiger charge is -2.50. The maximum atomic E-state index is 14.9. The van der Waals surface area contributed by atoms with E-state index in [4.69, 9.17) is 46.9 Å². The number of hydrogen-bond donors (Lipinski definition) is 10. The fourth-order valence-electron chi connectivity index (χ4n) is 16.3. The first-order chi connectivity index (χ1) is 58.1. The number of carbonyl (C=O) groups is 4. The molecular weight excluding hydrogens is 1560 g/mol. The molecule has 26 heteroatoms. The fourth-order valence-corrected chi connectivity index (χ4v) is 17.3. The van der Waals surface area contributed by atoms with Crippen molar-refractivity contribution in [2.75, 3.05) is 26.4 Å². The molecule has 0 spiro atoms. The van der Waals surface area contributed by atoms with Gasteiger partial charge in [0.1, 0.15) is 92.6 Å². The minimum absolute atomic E-state index is 0.0186. The maximum absolute atomic E-state index is 14.9. The number of ether oxygens (including phenoxy) is 8. The number of allylic oxidation sites excluding steroid dienone is 2. The van der Waals surface area contributed by atoms with Crippen molar-refractivity contribution in [3.05, 3.63) is 12.2 Å². The van der Waals surface area contributed by atoms with Gasteiger partial charge in [-0.25, -0.2) is 4.57 Å². The van der Waals surface area contributed by atoms with Crippen LogP contribution in [0.25, 0.3) is 0 Å². The Hall–Kier alpha value is -2.79. The number of phosphoric acid groups is 1. The first-order valence-electron chi connectivity index (χ1n) is 48.8. The molecule has 0 aromatic carbocycles. The number of carbonyl (C=O) groups excluding carboxylic acids is 4. The Bertz CT molecular complexity index is 2550. The third-order valence-corrected chi connectivity index (χ3v) is 25.2. The second-order valence-corrected chi connectivity index (χ2v) is 36.6. The van der Waals surface area contributed by atoms with Gasteiger partial charge in [-0.3, -0.25) is 28.2 Å². The molecule has 3 rings (SSSR count). The summed E-state index contributed by atoms with van der Waals surface area (Å²) in [5, 5.41) is 102. The maximum Gasteiger partial charge on any atom is 0.472 e. The lowest BCUT2D eigenvalue weighted by molar-refractivity contribution is -0.360. The van der Waals surface area contributed by atoms with Crippen molar-refractivity contribution in [1.82, 2.24) is 0 Å². The van der Waals surface area contributed by atoms with Gasteiger partial charge in [0.25, 0.3) is 0 Å². The zero-order valence-electron chi connectivity index (χ0n) is 75.6. The Labute approximate surface area is 724 Å². The van der Waals surface area contributed by atoms with Gasteiger partial charge < -0.3 is 88.7 Å². The largest absolute Gasteiger partial charge is 0.472 e. The van der Waals surface area contributed by atoms with E-state index in [-0.39, 0.29) is 25.7 Å². The Morgan fingerprint density at radius 3 is 1.08 bits per heavy atom. The van der Waals surface area contributed by atoms with E-state index in [2.05, 4.69) is 46.8 Å². The lowest BCUT2D eigenvalue weighted by Crippen LogP contribution is -2.70. The molecule has 0 amide bonds. The highest BCUT2D eigenvalue weighted by Gasteiger charge is 2.60. The predicted octanol–water partition coefficient (Wildman–Crippen LogP) is 18.6. The average molecular weight is 1740 g/mol. The highest BCUT2D eigenvalue weighted by atomic mass is 31.2. The summed E-state index contributed by atoms with van der Waals surface area (Å²) in [4.78, 5) is 66.6. The van der Waals surface area contributed by atoms with Crippen LogP contribution in [0.5, 0.6) is 0 Å². The molecule has 19 unspecified atom stereocenters. The smallest absolute Gasteiger partial charge is 0.463 e. The topological polar surface area (TPSA) is 380 Å². The van der Waals surface area contributed by atoms with Crippen LogP contribution in [0.4, 0.5) is 0 Å². The highest BCUT2D eigenvalue weighted by Crippen LogP contribution is 2.49. The molecule has 120 heavy (non-hydrogen) atoms. The molecule has 706 valence electrons. The minimum atomic E-state index is -5.81. The van der Waals surface area contributed by atoms with Crippen LogP contribution in [0.3, 0.4) is 0 Å². The second kappa shape index (κ2) is 72.2. The molecular formula is C94H175O25P. The van der Waals surface area contributed by atoms with Crippen molar-refractivity contribution in [3.63, 3.8) is 0 Å². The third kappa shape index (κ3) is 51.9. The monoisotopic (exact) mass is 1740 g/mol. The van der Waals surface area contributed by atoms with Gasteiger partial charge in [0, 0.05) is 25.7 Å². The SMILES string of the molecule is CCCCCC/C=C\CCCCCCCCCC(=O)OC(COC(=O)CCCCCCCCC(C)CCCCCCCC)COP(=O)(O)OC1C(OC2OC(CO)C(O)C(O)C2O)C(O)C(O)C(OC(=O)CCCCCCCCCCCCCCCCC)C1OC1OC(COC(=O)CCCCCCCCCCCCCCCCC)C(O)C(O)C1O. The summed E-state index contributed by atoms with van der Waals surface area (Å²) < 4.78 is 73.6. The van der Waals surface area contributed by atoms with E-state index in [0.717, 1.165) is 141 Å². The number of rotatable bonds is 79. The summed E-state index contributed by atoms with van der Waals surface area (Å²) in [5.41, 5.74) is 0. The van der Waals surface area contributed by atoms with Crippen molar-refractivity contribution < 1.29 is 122 Å². The number of aliphatic hydroxyl groups is 9. The van der Waals surface area contributed by atoms with E-state index in [1.807, 2.05) is 0 Å². The molecule has 2 aliphatic heterocycles. The van der Waals surface area contributed by atoms with Crippen LogP contribution >= 0.6 is 7.82 Å². The number of phosphoric ester groups is 1. The molecule has 19 atom stereocenters. The number of unbranched alkanes of at least 4 members (excludes halogenated alkanes) is 49. The number of aliphatic hydroxyl groups excluding tert-OH is 9. The van der Waals surface area contributed by atoms with E-state index < -0.39 is 162 Å². The van der Waals surface area contributed by atoms with Crippen molar-refractivity contribution in [2.45, 2.75) is 530 Å². The van der Waals surface area contributed by atoms with Crippen LogP contribution in [-0.4, -0.2) is 205 Å². The van der Waals surface area contributed by atoms with Gasteiger partial charge in [0.15, 0.2) is 24.8 Å². The van der Waals surface area contributed by atoms with Crippen LogP contribution in [-0.2, 0) is 70.7 Å². The van der Waals surface area contributed by atoms with Gasteiger partial charge in [0.05, 0.1) is 13.2 Å². The Balaban J connectivity index is 1.91. The first-order valence-corrected chi connectivity index (χ1v) is 50.3. The molecule has 3 fully saturated rings. The van der Waals surface area contributed by atoms with E-state index in [1.165, 1.54) is 186 Å². The molecule has 25 nitrogen and oxygen atoms in total.